The molecule has 0 spiro atoms. The zero-order chi connectivity index (χ0) is 13.8. The van der Waals surface area contributed by atoms with Crippen molar-refractivity contribution in [2.45, 2.75) is 33.0 Å². The molecule has 19 heavy (non-hydrogen) atoms. The number of hydrogen-bond donors (Lipinski definition) is 1. The van der Waals surface area contributed by atoms with Gasteiger partial charge in [0.15, 0.2) is 0 Å². The highest BCUT2D eigenvalue weighted by Gasteiger charge is 2.14. The number of aliphatic hydroxyl groups is 1. The summed E-state index contributed by atoms with van der Waals surface area (Å²) in [5, 5.41) is 11.9. The van der Waals surface area contributed by atoms with Gasteiger partial charge in [-0.15, -0.1) is 11.3 Å². The molecule has 0 aliphatic rings. The van der Waals surface area contributed by atoms with Gasteiger partial charge < -0.3 is 10.0 Å². The van der Waals surface area contributed by atoms with Crippen molar-refractivity contribution in [3.05, 3.63) is 45.2 Å². The van der Waals surface area contributed by atoms with Gasteiger partial charge in [-0.3, -0.25) is 0 Å². The molecule has 0 saturated heterocycles. The maximum absolute atomic E-state index is 9.29. The van der Waals surface area contributed by atoms with E-state index < -0.39 is 0 Å². The molecule has 3 nitrogen and oxygen atoms in total. The molecular weight excluding hydrogens is 280 g/mol. The van der Waals surface area contributed by atoms with Crippen LogP contribution < -0.4 is 4.90 Å². The first-order chi connectivity index (χ1) is 9.11. The van der Waals surface area contributed by atoms with E-state index in [9.17, 15) is 5.11 Å². The van der Waals surface area contributed by atoms with E-state index >= 15 is 0 Å². The third kappa shape index (κ3) is 3.47. The highest BCUT2D eigenvalue weighted by Crippen LogP contribution is 2.24. The van der Waals surface area contributed by atoms with Crippen LogP contribution in [0.25, 0.3) is 0 Å². The Balaban J connectivity index is 2.28. The largest absolute Gasteiger partial charge is 0.392 e. The highest BCUT2D eigenvalue weighted by molar-refractivity contribution is 7.09. The SMILES string of the molecule is CC(C)N(Cc1cccs1)c1cc(CO)c(Cl)cn1. The van der Waals surface area contributed by atoms with Crippen molar-refractivity contribution < 1.29 is 5.11 Å². The number of anilines is 1. The monoisotopic (exact) mass is 296 g/mol. The van der Waals surface area contributed by atoms with Gasteiger partial charge in [0.2, 0.25) is 0 Å². The van der Waals surface area contributed by atoms with Gasteiger partial charge in [-0.05, 0) is 31.4 Å². The number of rotatable bonds is 5. The fraction of sp³-hybridized carbons (Fsp3) is 0.357. The molecular formula is C14H17ClN2OS. The van der Waals surface area contributed by atoms with Crippen LogP contribution in [0.1, 0.15) is 24.3 Å². The van der Waals surface area contributed by atoms with Crippen LogP contribution in [-0.4, -0.2) is 16.1 Å². The molecule has 0 aliphatic carbocycles. The van der Waals surface area contributed by atoms with Crippen LogP contribution in [-0.2, 0) is 13.2 Å². The van der Waals surface area contributed by atoms with E-state index in [1.165, 1.54) is 4.88 Å². The Hall–Kier alpha value is -1.10. The second kappa shape index (κ2) is 6.37. The maximum atomic E-state index is 9.29. The Kier molecular flexibility index (Phi) is 4.80. The molecule has 5 heteroatoms. The number of nitrogens with zero attached hydrogens (tertiary/aromatic N) is 2. The summed E-state index contributed by atoms with van der Waals surface area (Å²) in [7, 11) is 0. The number of halogens is 1. The first kappa shape index (κ1) is 14.3. The standard InChI is InChI=1S/C14H17ClN2OS/c1-10(2)17(8-12-4-3-5-19-12)14-6-11(9-18)13(15)7-16-14/h3-7,10,18H,8-9H2,1-2H3. The molecule has 1 N–H and O–H groups in total. The van der Waals surface area contributed by atoms with Crippen LogP contribution in [0, 0.1) is 0 Å². The number of pyridine rings is 1. The predicted molar refractivity (Wildman–Crippen MR) is 80.8 cm³/mol. The molecule has 2 aromatic heterocycles. The molecule has 0 bridgehead atoms. The van der Waals surface area contributed by atoms with Gasteiger partial charge in [0, 0.05) is 22.7 Å². The molecule has 2 heterocycles. The van der Waals surface area contributed by atoms with E-state index in [0.717, 1.165) is 12.4 Å². The molecule has 0 aromatic carbocycles. The summed E-state index contributed by atoms with van der Waals surface area (Å²) in [4.78, 5) is 7.86. The topological polar surface area (TPSA) is 36.4 Å². The summed E-state index contributed by atoms with van der Waals surface area (Å²) in [6.45, 7) is 5.00. The van der Waals surface area contributed by atoms with Crippen LogP contribution in [0.15, 0.2) is 29.8 Å². The quantitative estimate of drug-likeness (QED) is 0.914. The Bertz CT molecular complexity index is 528. The lowest BCUT2D eigenvalue weighted by Crippen LogP contribution is -2.30. The Morgan fingerprint density at radius 3 is 2.84 bits per heavy atom. The summed E-state index contributed by atoms with van der Waals surface area (Å²) >= 11 is 7.72. The molecule has 0 aliphatic heterocycles. The second-order valence-corrected chi connectivity index (χ2v) is 6.03. The molecule has 0 radical (unpaired) electrons. The normalized spacial score (nSPS) is 11.0. The lowest BCUT2D eigenvalue weighted by Gasteiger charge is -2.27. The average Bonchev–Trinajstić information content (AvgIpc) is 2.89. The minimum Gasteiger partial charge on any atom is -0.392 e. The van der Waals surface area contributed by atoms with Gasteiger partial charge in [0.1, 0.15) is 5.82 Å². The Labute approximate surface area is 122 Å². The van der Waals surface area contributed by atoms with Crippen LogP contribution >= 0.6 is 22.9 Å². The van der Waals surface area contributed by atoms with E-state index in [1.54, 1.807) is 17.5 Å². The molecule has 2 aromatic rings. The molecule has 0 unspecified atom stereocenters. The molecule has 102 valence electrons. The van der Waals surface area contributed by atoms with Crippen molar-refractivity contribution >= 4 is 28.8 Å². The van der Waals surface area contributed by atoms with Crippen LogP contribution in [0.3, 0.4) is 0 Å². The fourth-order valence-electron chi connectivity index (χ4n) is 1.84. The highest BCUT2D eigenvalue weighted by atomic mass is 35.5. The van der Waals surface area contributed by atoms with Gasteiger partial charge in [0.25, 0.3) is 0 Å². The summed E-state index contributed by atoms with van der Waals surface area (Å²) in [5.74, 6) is 0.844. The Morgan fingerprint density at radius 1 is 1.47 bits per heavy atom. The van der Waals surface area contributed by atoms with E-state index in [-0.39, 0.29) is 6.61 Å². The third-order valence-electron chi connectivity index (χ3n) is 2.91. The predicted octanol–water partition coefficient (Wildman–Crippen LogP) is 3.70. The van der Waals surface area contributed by atoms with E-state index in [1.807, 2.05) is 12.1 Å². The zero-order valence-electron chi connectivity index (χ0n) is 11.0. The minimum absolute atomic E-state index is 0.0701. The van der Waals surface area contributed by atoms with Gasteiger partial charge >= 0.3 is 0 Å². The van der Waals surface area contributed by atoms with E-state index in [2.05, 4.69) is 35.2 Å². The molecule has 0 amide bonds. The van der Waals surface area contributed by atoms with Crippen molar-refractivity contribution in [1.82, 2.24) is 4.98 Å². The van der Waals surface area contributed by atoms with Crippen molar-refractivity contribution in [2.24, 2.45) is 0 Å². The lowest BCUT2D eigenvalue weighted by atomic mass is 10.2. The summed E-state index contributed by atoms with van der Waals surface area (Å²) in [6, 6.07) is 6.34. The zero-order valence-corrected chi connectivity index (χ0v) is 12.6. The van der Waals surface area contributed by atoms with Crippen LogP contribution in [0.5, 0.6) is 0 Å². The van der Waals surface area contributed by atoms with Gasteiger partial charge in [-0.2, -0.15) is 0 Å². The van der Waals surface area contributed by atoms with Crippen molar-refractivity contribution in [1.29, 1.82) is 0 Å². The van der Waals surface area contributed by atoms with Gasteiger partial charge in [0.05, 0.1) is 18.2 Å². The Morgan fingerprint density at radius 2 is 2.26 bits per heavy atom. The molecule has 0 atom stereocenters. The number of aromatic nitrogens is 1. The first-order valence-corrected chi connectivity index (χ1v) is 7.42. The summed E-state index contributed by atoms with van der Waals surface area (Å²) in [5.41, 5.74) is 0.712. The summed E-state index contributed by atoms with van der Waals surface area (Å²) in [6.07, 6.45) is 1.60. The van der Waals surface area contributed by atoms with Crippen LogP contribution in [0.4, 0.5) is 5.82 Å². The van der Waals surface area contributed by atoms with Crippen molar-refractivity contribution in [2.75, 3.05) is 4.90 Å². The van der Waals surface area contributed by atoms with E-state index in [0.29, 0.717) is 16.6 Å². The van der Waals surface area contributed by atoms with Gasteiger partial charge in [-0.25, -0.2) is 4.98 Å². The minimum atomic E-state index is -0.0701. The molecule has 0 fully saturated rings. The second-order valence-electron chi connectivity index (χ2n) is 4.59. The average molecular weight is 297 g/mol. The fourth-order valence-corrected chi connectivity index (χ4v) is 2.71. The van der Waals surface area contributed by atoms with Crippen LogP contribution in [0.2, 0.25) is 5.02 Å². The number of thiophene rings is 1. The number of hydrogen-bond acceptors (Lipinski definition) is 4. The summed E-state index contributed by atoms with van der Waals surface area (Å²) < 4.78 is 0. The molecule has 2 rings (SSSR count). The maximum Gasteiger partial charge on any atom is 0.129 e. The van der Waals surface area contributed by atoms with Crippen molar-refractivity contribution in [3.8, 4) is 0 Å². The number of aliphatic hydroxyl groups excluding tert-OH is 1. The van der Waals surface area contributed by atoms with Gasteiger partial charge in [-0.1, -0.05) is 17.7 Å². The smallest absolute Gasteiger partial charge is 0.129 e. The first-order valence-electron chi connectivity index (χ1n) is 6.16. The third-order valence-corrected chi connectivity index (χ3v) is 4.12. The van der Waals surface area contributed by atoms with E-state index in [4.69, 9.17) is 11.6 Å². The van der Waals surface area contributed by atoms with Crippen molar-refractivity contribution in [3.63, 3.8) is 0 Å². The lowest BCUT2D eigenvalue weighted by molar-refractivity contribution is 0.282. The molecule has 0 saturated carbocycles.